The molecule has 4 nitrogen and oxygen atoms in total. The van der Waals surface area contributed by atoms with Crippen molar-refractivity contribution < 1.29 is 9.53 Å². The summed E-state index contributed by atoms with van der Waals surface area (Å²) >= 11 is 0. The molecular weight excluding hydrogens is 240 g/mol. The van der Waals surface area contributed by atoms with Crippen LogP contribution in [-0.4, -0.2) is 28.1 Å². The molecule has 0 radical (unpaired) electrons. The van der Waals surface area contributed by atoms with Crippen LogP contribution in [0.25, 0.3) is 0 Å². The van der Waals surface area contributed by atoms with Crippen molar-refractivity contribution in [1.29, 1.82) is 0 Å². The molecule has 0 aliphatic carbocycles. The minimum absolute atomic E-state index is 0.1000. The van der Waals surface area contributed by atoms with E-state index in [0.29, 0.717) is 0 Å². The van der Waals surface area contributed by atoms with Crippen LogP contribution >= 0.6 is 0 Å². The minimum Gasteiger partial charge on any atom is -0.444 e. The summed E-state index contributed by atoms with van der Waals surface area (Å²) in [5.74, 6) is 0. The average Bonchev–Trinajstić information content (AvgIpc) is 2.76. The predicted octanol–water partition coefficient (Wildman–Crippen LogP) is 3.46. The molecule has 1 fully saturated rings. The van der Waals surface area contributed by atoms with E-state index in [1.165, 1.54) is 0 Å². The van der Waals surface area contributed by atoms with Gasteiger partial charge < -0.3 is 9.64 Å². The molecule has 104 valence electrons. The number of carbonyl (C=O) groups is 1. The first-order valence-electron chi connectivity index (χ1n) is 6.79. The van der Waals surface area contributed by atoms with Crippen LogP contribution in [-0.2, 0) is 4.74 Å². The van der Waals surface area contributed by atoms with Gasteiger partial charge in [-0.1, -0.05) is 6.07 Å². The first kappa shape index (κ1) is 13.8. The summed E-state index contributed by atoms with van der Waals surface area (Å²) in [6.07, 6.45) is 3.63. The third kappa shape index (κ3) is 3.46. The van der Waals surface area contributed by atoms with Crippen LogP contribution < -0.4 is 0 Å². The zero-order valence-electron chi connectivity index (χ0n) is 12.1. The van der Waals surface area contributed by atoms with E-state index in [2.05, 4.69) is 11.1 Å². The summed E-state index contributed by atoms with van der Waals surface area (Å²) in [4.78, 5) is 18.3. The maximum Gasteiger partial charge on any atom is 0.410 e. The number of carbonyl (C=O) groups excluding carboxylic acids is 1. The predicted molar refractivity (Wildman–Crippen MR) is 73.9 cm³/mol. The lowest BCUT2D eigenvalue weighted by Gasteiger charge is -2.28. The Morgan fingerprint density at radius 3 is 2.74 bits per heavy atom. The van der Waals surface area contributed by atoms with Gasteiger partial charge in [-0.15, -0.1) is 0 Å². The van der Waals surface area contributed by atoms with Gasteiger partial charge in [-0.2, -0.15) is 0 Å². The SMILES string of the molecule is Cc1ccc([C@@H]2CCCN2C(=O)OC(C)(C)C)cn1. The van der Waals surface area contributed by atoms with Gasteiger partial charge in [0.15, 0.2) is 0 Å². The number of pyridine rings is 1. The fraction of sp³-hybridized carbons (Fsp3) is 0.600. The van der Waals surface area contributed by atoms with Crippen molar-refractivity contribution in [2.24, 2.45) is 0 Å². The summed E-state index contributed by atoms with van der Waals surface area (Å²) in [5, 5.41) is 0. The van der Waals surface area contributed by atoms with Crippen LogP contribution in [0.1, 0.15) is 50.9 Å². The number of aryl methyl sites for hydroxylation is 1. The monoisotopic (exact) mass is 262 g/mol. The Balaban J connectivity index is 2.12. The van der Waals surface area contributed by atoms with E-state index in [9.17, 15) is 4.79 Å². The van der Waals surface area contributed by atoms with Crippen LogP contribution in [0.4, 0.5) is 4.79 Å². The number of ether oxygens (including phenoxy) is 1. The van der Waals surface area contributed by atoms with E-state index in [-0.39, 0.29) is 12.1 Å². The highest BCUT2D eigenvalue weighted by molar-refractivity contribution is 5.69. The molecule has 0 bridgehead atoms. The van der Waals surface area contributed by atoms with Gasteiger partial charge in [-0.3, -0.25) is 4.98 Å². The molecule has 19 heavy (non-hydrogen) atoms. The van der Waals surface area contributed by atoms with Gasteiger partial charge in [0.05, 0.1) is 6.04 Å². The van der Waals surface area contributed by atoms with E-state index in [0.717, 1.165) is 30.6 Å². The van der Waals surface area contributed by atoms with Crippen molar-refractivity contribution in [3.8, 4) is 0 Å². The maximum atomic E-state index is 12.2. The molecule has 0 saturated carbocycles. The van der Waals surface area contributed by atoms with Gasteiger partial charge in [0.25, 0.3) is 0 Å². The maximum absolute atomic E-state index is 12.2. The van der Waals surface area contributed by atoms with E-state index in [1.54, 1.807) is 0 Å². The quantitative estimate of drug-likeness (QED) is 0.778. The van der Waals surface area contributed by atoms with Crippen molar-refractivity contribution >= 4 is 6.09 Å². The first-order chi connectivity index (χ1) is 8.87. The smallest absolute Gasteiger partial charge is 0.410 e. The highest BCUT2D eigenvalue weighted by atomic mass is 16.6. The second kappa shape index (κ2) is 5.19. The Kier molecular flexibility index (Phi) is 3.78. The van der Waals surface area contributed by atoms with Crippen LogP contribution in [0.15, 0.2) is 18.3 Å². The molecule has 0 aromatic carbocycles. The molecule has 0 unspecified atom stereocenters. The van der Waals surface area contributed by atoms with Gasteiger partial charge in [-0.05, 0) is 52.2 Å². The Bertz CT molecular complexity index is 448. The fourth-order valence-corrected chi connectivity index (χ4v) is 2.33. The Morgan fingerprint density at radius 2 is 2.16 bits per heavy atom. The van der Waals surface area contributed by atoms with Crippen molar-refractivity contribution in [3.05, 3.63) is 29.6 Å². The molecular formula is C15H22N2O2. The minimum atomic E-state index is -0.449. The van der Waals surface area contributed by atoms with Crippen LogP contribution in [0.5, 0.6) is 0 Å². The molecule has 1 aromatic heterocycles. The van der Waals surface area contributed by atoms with Crippen LogP contribution in [0.2, 0.25) is 0 Å². The lowest BCUT2D eigenvalue weighted by molar-refractivity contribution is 0.0224. The molecule has 0 spiro atoms. The highest BCUT2D eigenvalue weighted by Gasteiger charge is 2.33. The molecule has 1 amide bonds. The van der Waals surface area contributed by atoms with E-state index in [4.69, 9.17) is 4.74 Å². The summed E-state index contributed by atoms with van der Waals surface area (Å²) in [6.45, 7) is 8.40. The lowest BCUT2D eigenvalue weighted by Crippen LogP contribution is -2.36. The number of likely N-dealkylation sites (tertiary alicyclic amines) is 1. The molecule has 1 aromatic rings. The summed E-state index contributed by atoms with van der Waals surface area (Å²) in [6, 6.07) is 4.14. The van der Waals surface area contributed by atoms with Gasteiger partial charge in [-0.25, -0.2) is 4.79 Å². The lowest BCUT2D eigenvalue weighted by atomic mass is 10.1. The van der Waals surface area contributed by atoms with Crippen molar-refractivity contribution in [2.75, 3.05) is 6.54 Å². The van der Waals surface area contributed by atoms with Crippen LogP contribution in [0.3, 0.4) is 0 Å². The largest absolute Gasteiger partial charge is 0.444 e. The number of rotatable bonds is 1. The molecule has 4 heteroatoms. The van der Waals surface area contributed by atoms with E-state index >= 15 is 0 Å². The fourth-order valence-electron chi connectivity index (χ4n) is 2.33. The van der Waals surface area contributed by atoms with Crippen LogP contribution in [0, 0.1) is 6.92 Å². The molecule has 1 aliphatic rings. The molecule has 2 heterocycles. The average molecular weight is 262 g/mol. The van der Waals surface area contributed by atoms with Gasteiger partial charge in [0.2, 0.25) is 0 Å². The second-order valence-electron chi connectivity index (χ2n) is 6.06. The first-order valence-corrected chi connectivity index (χ1v) is 6.79. The second-order valence-corrected chi connectivity index (χ2v) is 6.06. The third-order valence-corrected chi connectivity index (χ3v) is 3.20. The molecule has 1 saturated heterocycles. The van der Waals surface area contributed by atoms with Gasteiger partial charge in [0.1, 0.15) is 5.60 Å². The molecule has 2 rings (SSSR count). The number of hydrogen-bond acceptors (Lipinski definition) is 3. The van der Waals surface area contributed by atoms with Crippen molar-refractivity contribution in [1.82, 2.24) is 9.88 Å². The van der Waals surface area contributed by atoms with Crippen molar-refractivity contribution in [2.45, 2.75) is 52.2 Å². The van der Waals surface area contributed by atoms with Gasteiger partial charge in [0, 0.05) is 18.4 Å². The Hall–Kier alpha value is -1.58. The van der Waals surface area contributed by atoms with Crippen molar-refractivity contribution in [3.63, 3.8) is 0 Å². The number of nitrogens with zero attached hydrogens (tertiary/aromatic N) is 2. The Labute approximate surface area is 114 Å². The van der Waals surface area contributed by atoms with E-state index < -0.39 is 5.60 Å². The summed E-state index contributed by atoms with van der Waals surface area (Å²) in [7, 11) is 0. The van der Waals surface area contributed by atoms with E-state index in [1.807, 2.05) is 44.9 Å². The zero-order chi connectivity index (χ0) is 14.0. The molecule has 1 atom stereocenters. The summed E-state index contributed by atoms with van der Waals surface area (Å²) < 4.78 is 5.46. The zero-order valence-corrected chi connectivity index (χ0v) is 12.1. The Morgan fingerprint density at radius 1 is 1.42 bits per heavy atom. The molecule has 0 N–H and O–H groups in total. The standard InChI is InChI=1S/C15H22N2O2/c1-11-7-8-12(10-16-11)13-6-5-9-17(13)14(18)19-15(2,3)4/h7-8,10,13H,5-6,9H2,1-4H3/t13-/m0/s1. The van der Waals surface area contributed by atoms with Gasteiger partial charge >= 0.3 is 6.09 Å². The number of hydrogen-bond donors (Lipinski definition) is 0. The molecule has 1 aliphatic heterocycles. The third-order valence-electron chi connectivity index (χ3n) is 3.20. The normalized spacial score (nSPS) is 19.6. The highest BCUT2D eigenvalue weighted by Crippen LogP contribution is 2.32. The summed E-state index contributed by atoms with van der Waals surface area (Å²) in [5.41, 5.74) is 1.63. The number of amides is 1. The number of aromatic nitrogens is 1. The topological polar surface area (TPSA) is 42.4 Å².